The molecular weight excluding hydrogens is 484 g/mol. The Balaban J connectivity index is 2.35. The van der Waals surface area contributed by atoms with Crippen LogP contribution in [-0.4, -0.2) is 42.4 Å². The molecular formula is C13H17Br3N4S. The molecule has 116 valence electrons. The van der Waals surface area contributed by atoms with E-state index in [1.54, 1.807) is 11.3 Å². The molecule has 0 amide bonds. The summed E-state index contributed by atoms with van der Waals surface area (Å²) in [6.45, 7) is 1.81. The molecule has 2 aromatic heterocycles. The summed E-state index contributed by atoms with van der Waals surface area (Å²) in [7, 11) is 6.12. The second kappa shape index (κ2) is 7.70. The first-order valence-electron chi connectivity index (χ1n) is 6.42. The molecule has 0 aromatic carbocycles. The van der Waals surface area contributed by atoms with Crippen molar-refractivity contribution in [1.82, 2.24) is 20.0 Å². The summed E-state index contributed by atoms with van der Waals surface area (Å²) in [6.07, 6.45) is 1.87. The Hall–Kier alpha value is 0.270. The molecule has 0 bridgehead atoms. The predicted molar refractivity (Wildman–Crippen MR) is 99.1 cm³/mol. The van der Waals surface area contributed by atoms with E-state index < -0.39 is 0 Å². The zero-order chi connectivity index (χ0) is 15.6. The third-order valence-corrected chi connectivity index (χ3v) is 7.04. The molecule has 1 atom stereocenters. The summed E-state index contributed by atoms with van der Waals surface area (Å²) in [5, 5.41) is 7.89. The van der Waals surface area contributed by atoms with Crippen molar-refractivity contribution in [2.24, 2.45) is 0 Å². The average molecular weight is 501 g/mol. The fraction of sp³-hybridized carbons (Fsp3) is 0.462. The molecule has 0 fully saturated rings. The number of rotatable bonds is 6. The van der Waals surface area contributed by atoms with Crippen LogP contribution < -0.4 is 5.32 Å². The lowest BCUT2D eigenvalue weighted by molar-refractivity contribution is 0.366. The number of aromatic nitrogens is 2. The van der Waals surface area contributed by atoms with Crippen LogP contribution in [0.3, 0.4) is 0 Å². The highest BCUT2D eigenvalue weighted by Gasteiger charge is 2.23. The Bertz CT molecular complexity index is 589. The van der Waals surface area contributed by atoms with Crippen LogP contribution in [0.25, 0.3) is 0 Å². The number of thiophene rings is 1. The van der Waals surface area contributed by atoms with Gasteiger partial charge in [0.25, 0.3) is 0 Å². The first-order valence-corrected chi connectivity index (χ1v) is 9.61. The van der Waals surface area contributed by atoms with Gasteiger partial charge in [-0.15, -0.1) is 11.3 Å². The molecule has 1 unspecified atom stereocenters. The summed E-state index contributed by atoms with van der Waals surface area (Å²) in [4.78, 5) is 3.40. The molecule has 0 aliphatic carbocycles. The van der Waals surface area contributed by atoms with Gasteiger partial charge in [0.15, 0.2) is 0 Å². The lowest BCUT2D eigenvalue weighted by atomic mass is 10.1. The van der Waals surface area contributed by atoms with E-state index in [1.165, 1.54) is 4.88 Å². The van der Waals surface area contributed by atoms with Gasteiger partial charge in [-0.05, 0) is 75.0 Å². The SMILES string of the molecule is CNC(c1cc(Br)c(Br)s1)c1c(Br)cnn1CCN(C)C. The molecule has 0 saturated carbocycles. The summed E-state index contributed by atoms with van der Waals surface area (Å²) in [5.41, 5.74) is 1.15. The molecule has 21 heavy (non-hydrogen) atoms. The first kappa shape index (κ1) is 17.6. The molecule has 1 N–H and O–H groups in total. The Kier molecular flexibility index (Phi) is 6.46. The summed E-state index contributed by atoms with van der Waals surface area (Å²) in [6, 6.07) is 2.25. The fourth-order valence-corrected chi connectivity index (χ4v) is 4.78. The predicted octanol–water partition coefficient (Wildman–Crippen LogP) is 4.10. The highest BCUT2D eigenvalue weighted by Crippen LogP contribution is 2.39. The Morgan fingerprint density at radius 3 is 2.57 bits per heavy atom. The van der Waals surface area contributed by atoms with Crippen molar-refractivity contribution in [3.63, 3.8) is 0 Å². The average Bonchev–Trinajstić information content (AvgIpc) is 2.94. The summed E-state index contributed by atoms with van der Waals surface area (Å²) < 4.78 is 5.28. The number of likely N-dealkylation sites (N-methyl/N-ethyl adjacent to an activating group) is 1. The molecule has 2 heterocycles. The third kappa shape index (κ3) is 4.17. The molecule has 4 nitrogen and oxygen atoms in total. The van der Waals surface area contributed by atoms with Crippen LogP contribution >= 0.6 is 59.1 Å². The van der Waals surface area contributed by atoms with E-state index >= 15 is 0 Å². The van der Waals surface area contributed by atoms with Gasteiger partial charge in [0, 0.05) is 15.9 Å². The van der Waals surface area contributed by atoms with Gasteiger partial charge in [-0.1, -0.05) is 0 Å². The maximum absolute atomic E-state index is 4.50. The normalized spacial score (nSPS) is 13.1. The largest absolute Gasteiger partial charge is 0.308 e. The highest BCUT2D eigenvalue weighted by atomic mass is 79.9. The number of nitrogens with one attached hydrogen (secondary N) is 1. The van der Waals surface area contributed by atoms with Crippen LogP contribution in [0, 0.1) is 0 Å². The zero-order valence-electron chi connectivity index (χ0n) is 12.0. The van der Waals surface area contributed by atoms with Gasteiger partial charge in [-0.25, -0.2) is 0 Å². The molecule has 0 radical (unpaired) electrons. The third-order valence-electron chi connectivity index (χ3n) is 3.10. The fourth-order valence-electron chi connectivity index (χ4n) is 2.05. The molecule has 2 rings (SSSR count). The van der Waals surface area contributed by atoms with E-state index in [2.05, 4.69) is 87.9 Å². The Morgan fingerprint density at radius 2 is 2.05 bits per heavy atom. The van der Waals surface area contributed by atoms with Crippen molar-refractivity contribution in [3.8, 4) is 0 Å². The minimum absolute atomic E-state index is 0.108. The van der Waals surface area contributed by atoms with E-state index in [4.69, 9.17) is 0 Å². The molecule has 2 aromatic rings. The minimum Gasteiger partial charge on any atom is -0.308 e. The minimum atomic E-state index is 0.108. The standard InChI is InChI=1S/C13H17Br3N4S/c1-17-11(10-6-8(14)13(16)21-10)12-9(15)7-18-20(12)5-4-19(2)3/h6-7,11,17H,4-5H2,1-3H3. The van der Waals surface area contributed by atoms with E-state index in [0.717, 1.165) is 31.5 Å². The number of nitrogens with zero attached hydrogens (tertiary/aromatic N) is 3. The van der Waals surface area contributed by atoms with Crippen molar-refractivity contribution < 1.29 is 0 Å². The Labute approximate surface area is 154 Å². The Morgan fingerprint density at radius 1 is 1.33 bits per heavy atom. The first-order chi connectivity index (χ1) is 9.93. The van der Waals surface area contributed by atoms with Crippen molar-refractivity contribution >= 4 is 59.1 Å². The molecule has 8 heteroatoms. The van der Waals surface area contributed by atoms with Crippen molar-refractivity contribution in [3.05, 3.63) is 35.6 Å². The van der Waals surface area contributed by atoms with Gasteiger partial charge in [-0.2, -0.15) is 5.10 Å². The topological polar surface area (TPSA) is 33.1 Å². The summed E-state index contributed by atoms with van der Waals surface area (Å²) >= 11 is 12.5. The molecule has 0 saturated heterocycles. The van der Waals surface area contributed by atoms with Crippen LogP contribution in [-0.2, 0) is 6.54 Å². The quantitative estimate of drug-likeness (QED) is 0.648. The number of hydrogen-bond acceptors (Lipinski definition) is 4. The molecule has 0 aliphatic rings. The zero-order valence-corrected chi connectivity index (χ0v) is 17.6. The van der Waals surface area contributed by atoms with Gasteiger partial charge in [-0.3, -0.25) is 4.68 Å². The molecule has 0 spiro atoms. The number of halogens is 3. The van der Waals surface area contributed by atoms with Crippen LogP contribution in [0.2, 0.25) is 0 Å². The van der Waals surface area contributed by atoms with Crippen LogP contribution in [0.1, 0.15) is 16.6 Å². The molecule has 0 aliphatic heterocycles. The second-order valence-corrected chi connectivity index (χ2v) is 9.01. The smallest absolute Gasteiger partial charge is 0.0851 e. The monoisotopic (exact) mass is 498 g/mol. The lowest BCUT2D eigenvalue weighted by Crippen LogP contribution is -2.25. The van der Waals surface area contributed by atoms with Crippen LogP contribution in [0.5, 0.6) is 0 Å². The van der Waals surface area contributed by atoms with E-state index in [1.807, 2.05) is 13.2 Å². The maximum atomic E-state index is 4.50. The van der Waals surface area contributed by atoms with Gasteiger partial charge in [0.05, 0.1) is 32.7 Å². The van der Waals surface area contributed by atoms with E-state index in [-0.39, 0.29) is 6.04 Å². The van der Waals surface area contributed by atoms with E-state index in [9.17, 15) is 0 Å². The van der Waals surface area contributed by atoms with Crippen LogP contribution in [0.15, 0.2) is 25.0 Å². The van der Waals surface area contributed by atoms with Gasteiger partial charge in [0.2, 0.25) is 0 Å². The van der Waals surface area contributed by atoms with E-state index in [0.29, 0.717) is 0 Å². The second-order valence-electron chi connectivity index (χ2n) is 4.90. The maximum Gasteiger partial charge on any atom is 0.0851 e. The highest BCUT2D eigenvalue weighted by molar-refractivity contribution is 9.13. The van der Waals surface area contributed by atoms with Gasteiger partial charge in [0.1, 0.15) is 0 Å². The van der Waals surface area contributed by atoms with Crippen molar-refractivity contribution in [1.29, 1.82) is 0 Å². The summed E-state index contributed by atoms with van der Waals surface area (Å²) in [5.74, 6) is 0. The van der Waals surface area contributed by atoms with Crippen molar-refractivity contribution in [2.75, 3.05) is 27.7 Å². The van der Waals surface area contributed by atoms with Crippen molar-refractivity contribution in [2.45, 2.75) is 12.6 Å². The lowest BCUT2D eigenvalue weighted by Gasteiger charge is -2.19. The van der Waals surface area contributed by atoms with Gasteiger partial charge >= 0.3 is 0 Å². The number of hydrogen-bond donors (Lipinski definition) is 1. The van der Waals surface area contributed by atoms with Gasteiger partial charge < -0.3 is 10.2 Å². The van der Waals surface area contributed by atoms with Crippen LogP contribution in [0.4, 0.5) is 0 Å².